The van der Waals surface area contributed by atoms with Gasteiger partial charge in [0.2, 0.25) is 5.91 Å². The molecule has 0 fully saturated rings. The van der Waals surface area contributed by atoms with E-state index in [1.807, 2.05) is 50.2 Å². The van der Waals surface area contributed by atoms with Crippen molar-refractivity contribution in [2.75, 3.05) is 13.1 Å². The minimum atomic E-state index is -0.206. The number of amides is 2. The Bertz CT molecular complexity index is 987. The van der Waals surface area contributed by atoms with Crippen LogP contribution in [0.2, 0.25) is 5.02 Å². The molecule has 162 valence electrons. The van der Waals surface area contributed by atoms with Gasteiger partial charge < -0.3 is 14.2 Å². The topological polar surface area (TPSA) is 53.8 Å². The summed E-state index contributed by atoms with van der Waals surface area (Å²) in [6.07, 6.45) is 1.59. The lowest BCUT2D eigenvalue weighted by atomic mass is 10.1. The van der Waals surface area contributed by atoms with Gasteiger partial charge in [-0.25, -0.2) is 0 Å². The van der Waals surface area contributed by atoms with Crippen LogP contribution in [-0.2, 0) is 17.9 Å². The van der Waals surface area contributed by atoms with Crippen LogP contribution >= 0.6 is 11.6 Å². The Morgan fingerprint density at radius 1 is 0.935 bits per heavy atom. The number of benzene rings is 2. The van der Waals surface area contributed by atoms with E-state index < -0.39 is 0 Å². The Kier molecular flexibility index (Phi) is 7.90. The third-order valence-corrected chi connectivity index (χ3v) is 5.00. The molecular formula is C25H27ClN2O3. The minimum Gasteiger partial charge on any atom is -0.467 e. The second kappa shape index (κ2) is 10.8. The van der Waals surface area contributed by atoms with Gasteiger partial charge in [-0.2, -0.15) is 0 Å². The molecule has 0 bridgehead atoms. The number of furan rings is 1. The molecule has 0 saturated carbocycles. The van der Waals surface area contributed by atoms with E-state index in [1.165, 1.54) is 0 Å². The maximum absolute atomic E-state index is 13.3. The highest BCUT2D eigenvalue weighted by molar-refractivity contribution is 6.31. The van der Waals surface area contributed by atoms with Crippen LogP contribution in [0.4, 0.5) is 0 Å². The summed E-state index contributed by atoms with van der Waals surface area (Å²) >= 11 is 6.07. The van der Waals surface area contributed by atoms with Crippen molar-refractivity contribution in [3.63, 3.8) is 0 Å². The first-order valence-corrected chi connectivity index (χ1v) is 10.7. The molecule has 0 aliphatic carbocycles. The fourth-order valence-corrected chi connectivity index (χ4v) is 3.54. The molecule has 2 amide bonds. The lowest BCUT2D eigenvalue weighted by molar-refractivity contribution is -0.133. The van der Waals surface area contributed by atoms with Gasteiger partial charge in [0.05, 0.1) is 12.8 Å². The fourth-order valence-electron chi connectivity index (χ4n) is 3.35. The number of carbonyl (C=O) groups excluding carboxylic acids is 2. The molecule has 0 spiro atoms. The summed E-state index contributed by atoms with van der Waals surface area (Å²) < 4.78 is 5.46. The highest BCUT2D eigenvalue weighted by Crippen LogP contribution is 2.16. The highest BCUT2D eigenvalue weighted by Gasteiger charge is 2.24. The fraction of sp³-hybridized carbons (Fsp3) is 0.280. The monoisotopic (exact) mass is 438 g/mol. The van der Waals surface area contributed by atoms with Crippen molar-refractivity contribution in [3.05, 3.63) is 94.9 Å². The van der Waals surface area contributed by atoms with Gasteiger partial charge in [0.25, 0.3) is 5.91 Å². The van der Waals surface area contributed by atoms with E-state index in [0.717, 1.165) is 5.56 Å². The average molecular weight is 439 g/mol. The first kappa shape index (κ1) is 22.6. The van der Waals surface area contributed by atoms with Crippen LogP contribution < -0.4 is 0 Å². The zero-order valence-corrected chi connectivity index (χ0v) is 18.6. The lowest BCUT2D eigenvalue weighted by Crippen LogP contribution is -2.43. The van der Waals surface area contributed by atoms with Crippen molar-refractivity contribution in [2.24, 2.45) is 5.92 Å². The number of rotatable bonds is 9. The van der Waals surface area contributed by atoms with Gasteiger partial charge in [-0.1, -0.05) is 61.8 Å². The molecule has 1 aromatic heterocycles. The van der Waals surface area contributed by atoms with Crippen molar-refractivity contribution in [1.82, 2.24) is 9.80 Å². The predicted octanol–water partition coefficient (Wildman–Crippen LogP) is 5.26. The SMILES string of the molecule is CC(C)CN(CC(=O)N(Cc1ccccc1)Cc1ccco1)C(=O)c1cccc(Cl)c1. The van der Waals surface area contributed by atoms with E-state index in [2.05, 4.69) is 0 Å². The summed E-state index contributed by atoms with van der Waals surface area (Å²) in [6.45, 7) is 5.26. The summed E-state index contributed by atoms with van der Waals surface area (Å²) in [5, 5.41) is 0.491. The van der Waals surface area contributed by atoms with E-state index in [4.69, 9.17) is 16.0 Å². The number of carbonyl (C=O) groups is 2. The number of halogens is 1. The Labute approximate surface area is 188 Å². The van der Waals surface area contributed by atoms with Gasteiger partial charge in [0.15, 0.2) is 0 Å². The lowest BCUT2D eigenvalue weighted by Gasteiger charge is -2.28. The van der Waals surface area contributed by atoms with Gasteiger partial charge in [-0.3, -0.25) is 9.59 Å². The normalized spacial score (nSPS) is 10.8. The second-order valence-corrected chi connectivity index (χ2v) is 8.34. The highest BCUT2D eigenvalue weighted by atomic mass is 35.5. The molecule has 0 atom stereocenters. The van der Waals surface area contributed by atoms with Crippen LogP contribution in [0.25, 0.3) is 0 Å². The molecule has 1 heterocycles. The molecule has 3 rings (SSSR count). The molecule has 0 aliphatic rings. The molecule has 0 unspecified atom stereocenters. The van der Waals surface area contributed by atoms with Crippen LogP contribution in [0.3, 0.4) is 0 Å². The smallest absolute Gasteiger partial charge is 0.254 e. The Morgan fingerprint density at radius 3 is 2.35 bits per heavy atom. The third-order valence-electron chi connectivity index (χ3n) is 4.77. The first-order valence-electron chi connectivity index (χ1n) is 10.3. The molecule has 3 aromatic rings. The largest absolute Gasteiger partial charge is 0.467 e. The van der Waals surface area contributed by atoms with Gasteiger partial charge in [0.1, 0.15) is 12.3 Å². The molecule has 31 heavy (non-hydrogen) atoms. The van der Waals surface area contributed by atoms with Crippen LogP contribution in [0.1, 0.15) is 35.5 Å². The number of hydrogen-bond acceptors (Lipinski definition) is 3. The summed E-state index contributed by atoms with van der Waals surface area (Å²) in [4.78, 5) is 29.8. The number of nitrogens with zero attached hydrogens (tertiary/aromatic N) is 2. The summed E-state index contributed by atoms with van der Waals surface area (Å²) in [7, 11) is 0. The molecular weight excluding hydrogens is 412 g/mol. The van der Waals surface area contributed by atoms with E-state index in [1.54, 1.807) is 46.4 Å². The molecule has 5 nitrogen and oxygen atoms in total. The predicted molar refractivity (Wildman–Crippen MR) is 122 cm³/mol. The summed E-state index contributed by atoms with van der Waals surface area (Å²) in [6, 6.07) is 20.2. The van der Waals surface area contributed by atoms with Crippen LogP contribution in [0, 0.1) is 5.92 Å². The molecule has 0 saturated heterocycles. The van der Waals surface area contributed by atoms with Crippen molar-refractivity contribution < 1.29 is 14.0 Å². The second-order valence-electron chi connectivity index (χ2n) is 7.90. The standard InChI is InChI=1S/C25H27ClN2O3/c1-19(2)15-28(25(30)21-10-6-11-22(26)14-21)18-24(29)27(17-23-12-7-13-31-23)16-20-8-4-3-5-9-20/h3-14,19H,15-18H2,1-2H3. The average Bonchev–Trinajstić information content (AvgIpc) is 3.26. The summed E-state index contributed by atoms with van der Waals surface area (Å²) in [5.74, 6) is 0.558. The zero-order chi connectivity index (χ0) is 22.2. The van der Waals surface area contributed by atoms with E-state index >= 15 is 0 Å². The van der Waals surface area contributed by atoms with Crippen molar-refractivity contribution in [2.45, 2.75) is 26.9 Å². The van der Waals surface area contributed by atoms with Crippen molar-refractivity contribution in [1.29, 1.82) is 0 Å². The Balaban J connectivity index is 1.80. The Hall–Kier alpha value is -3.05. The van der Waals surface area contributed by atoms with Gasteiger partial charge >= 0.3 is 0 Å². The van der Waals surface area contributed by atoms with Crippen LogP contribution in [-0.4, -0.2) is 34.7 Å². The third kappa shape index (κ3) is 6.72. The molecule has 0 aliphatic heterocycles. The Morgan fingerprint density at radius 2 is 1.71 bits per heavy atom. The molecule has 0 radical (unpaired) electrons. The van der Waals surface area contributed by atoms with Crippen molar-refractivity contribution >= 4 is 23.4 Å². The van der Waals surface area contributed by atoms with E-state index in [-0.39, 0.29) is 24.3 Å². The van der Waals surface area contributed by atoms with E-state index in [9.17, 15) is 9.59 Å². The maximum Gasteiger partial charge on any atom is 0.254 e. The minimum absolute atomic E-state index is 0.0168. The molecule has 0 N–H and O–H groups in total. The maximum atomic E-state index is 13.3. The van der Waals surface area contributed by atoms with Crippen LogP contribution in [0.15, 0.2) is 77.4 Å². The first-order chi connectivity index (χ1) is 14.9. The van der Waals surface area contributed by atoms with Gasteiger partial charge in [-0.05, 0) is 41.8 Å². The summed E-state index contributed by atoms with van der Waals surface area (Å²) in [5.41, 5.74) is 1.49. The molecule has 6 heteroatoms. The van der Waals surface area contributed by atoms with Crippen LogP contribution in [0.5, 0.6) is 0 Å². The van der Waals surface area contributed by atoms with E-state index in [0.29, 0.717) is 36.0 Å². The number of hydrogen-bond donors (Lipinski definition) is 0. The zero-order valence-electron chi connectivity index (χ0n) is 17.8. The molecule has 2 aromatic carbocycles. The van der Waals surface area contributed by atoms with Gasteiger partial charge in [0, 0.05) is 23.7 Å². The van der Waals surface area contributed by atoms with Gasteiger partial charge in [-0.15, -0.1) is 0 Å². The quantitative estimate of drug-likeness (QED) is 0.458. The van der Waals surface area contributed by atoms with Crippen molar-refractivity contribution in [3.8, 4) is 0 Å².